The highest BCUT2D eigenvalue weighted by atomic mass is 127. The number of rotatable bonds is 6. The molecule has 1 aliphatic heterocycles. The summed E-state index contributed by atoms with van der Waals surface area (Å²) < 4.78 is 45.1. The normalized spacial score (nSPS) is 16.2. The van der Waals surface area contributed by atoms with Crippen LogP contribution < -0.4 is 10.6 Å². The van der Waals surface area contributed by atoms with Crippen molar-refractivity contribution >= 4 is 39.7 Å². The maximum Gasteiger partial charge on any atom is 0.225 e. The molecule has 34 heavy (non-hydrogen) atoms. The summed E-state index contributed by atoms with van der Waals surface area (Å²) >= 11 is 2.11. The average molecular weight is 578 g/mol. The molecule has 1 saturated heterocycles. The van der Waals surface area contributed by atoms with Crippen LogP contribution in [0, 0.1) is 26.9 Å². The number of fused-ring (bicyclic) bond motifs is 1. The maximum atomic E-state index is 14.9. The highest BCUT2D eigenvalue weighted by Crippen LogP contribution is 2.31. The van der Waals surface area contributed by atoms with Crippen molar-refractivity contribution < 1.29 is 13.2 Å². The van der Waals surface area contributed by atoms with Gasteiger partial charge < -0.3 is 15.2 Å². The van der Waals surface area contributed by atoms with Gasteiger partial charge in [-0.1, -0.05) is 6.07 Å². The molecule has 0 saturated carbocycles. The van der Waals surface area contributed by atoms with Crippen molar-refractivity contribution in [1.29, 1.82) is 0 Å². The molecule has 1 fully saturated rings. The lowest BCUT2D eigenvalue weighted by atomic mass is 9.99. The van der Waals surface area contributed by atoms with Crippen molar-refractivity contribution in [3.05, 3.63) is 69.2 Å². The second kappa shape index (κ2) is 9.87. The third-order valence-corrected chi connectivity index (χ3v) is 6.86. The summed E-state index contributed by atoms with van der Waals surface area (Å²) in [6.07, 6.45) is 3.69. The minimum absolute atomic E-state index is 0.0217. The fourth-order valence-corrected chi connectivity index (χ4v) is 4.98. The molecule has 10 heteroatoms. The predicted molar refractivity (Wildman–Crippen MR) is 133 cm³/mol. The molecule has 5 rings (SSSR count). The van der Waals surface area contributed by atoms with Gasteiger partial charge >= 0.3 is 0 Å². The Hall–Kier alpha value is -2.73. The van der Waals surface area contributed by atoms with Gasteiger partial charge in [-0.2, -0.15) is 4.98 Å². The molecule has 6 nitrogen and oxygen atoms in total. The smallest absolute Gasteiger partial charge is 0.225 e. The summed E-state index contributed by atoms with van der Waals surface area (Å²) in [4.78, 5) is 13.6. The Labute approximate surface area is 208 Å². The third-order valence-electron chi connectivity index (χ3n) is 5.96. The highest BCUT2D eigenvalue weighted by molar-refractivity contribution is 14.1. The number of imidazole rings is 1. The molecular weight excluding hydrogens is 556 g/mol. The van der Waals surface area contributed by atoms with E-state index in [1.54, 1.807) is 12.3 Å². The molecule has 1 atom stereocenters. The first-order chi connectivity index (χ1) is 16.5. The van der Waals surface area contributed by atoms with Crippen LogP contribution in [0.3, 0.4) is 0 Å². The van der Waals surface area contributed by atoms with E-state index in [1.165, 1.54) is 6.07 Å². The van der Waals surface area contributed by atoms with E-state index in [1.807, 2.05) is 10.6 Å². The van der Waals surface area contributed by atoms with E-state index in [2.05, 4.69) is 43.2 Å². The summed E-state index contributed by atoms with van der Waals surface area (Å²) in [6, 6.07) is 8.25. The van der Waals surface area contributed by atoms with Crippen LogP contribution in [0.1, 0.15) is 18.4 Å². The number of aromatic nitrogens is 4. The number of halogens is 4. The minimum atomic E-state index is -0.516. The molecule has 1 aliphatic rings. The summed E-state index contributed by atoms with van der Waals surface area (Å²) in [7, 11) is 0. The first-order valence-corrected chi connectivity index (χ1v) is 12.1. The molecule has 0 bridgehead atoms. The summed E-state index contributed by atoms with van der Waals surface area (Å²) in [5, 5.41) is 6.38. The molecule has 0 radical (unpaired) electrons. The van der Waals surface area contributed by atoms with Crippen molar-refractivity contribution in [2.45, 2.75) is 25.9 Å². The van der Waals surface area contributed by atoms with Crippen LogP contribution in [0.2, 0.25) is 0 Å². The SMILES string of the molecule is Fc1ccc(F)c(CNc2ncc3nc(-c4c(F)cccc4I)n(C[C@@H]4CCCNC4)c3n2)c1. The van der Waals surface area contributed by atoms with Crippen LogP contribution in [-0.2, 0) is 13.1 Å². The summed E-state index contributed by atoms with van der Waals surface area (Å²) in [6.45, 7) is 2.50. The molecule has 0 amide bonds. The van der Waals surface area contributed by atoms with E-state index < -0.39 is 11.6 Å². The van der Waals surface area contributed by atoms with Crippen LogP contribution in [-0.4, -0.2) is 32.6 Å². The van der Waals surface area contributed by atoms with E-state index in [0.29, 0.717) is 35.0 Å². The van der Waals surface area contributed by atoms with Crippen molar-refractivity contribution in [3.63, 3.8) is 0 Å². The maximum absolute atomic E-state index is 14.9. The lowest BCUT2D eigenvalue weighted by molar-refractivity contribution is 0.341. The fourth-order valence-electron chi connectivity index (χ4n) is 4.27. The summed E-state index contributed by atoms with van der Waals surface area (Å²) in [5.74, 6) is -0.265. The van der Waals surface area contributed by atoms with Gasteiger partial charge in [0.2, 0.25) is 5.95 Å². The molecule has 0 spiro atoms. The van der Waals surface area contributed by atoms with E-state index in [0.717, 1.165) is 47.7 Å². The summed E-state index contributed by atoms with van der Waals surface area (Å²) in [5.41, 5.74) is 1.71. The second-order valence-electron chi connectivity index (χ2n) is 8.35. The zero-order chi connectivity index (χ0) is 23.7. The van der Waals surface area contributed by atoms with Gasteiger partial charge in [0.05, 0.1) is 11.8 Å². The number of hydrogen-bond donors (Lipinski definition) is 2. The molecule has 176 valence electrons. The van der Waals surface area contributed by atoms with Gasteiger partial charge in [-0.15, -0.1) is 0 Å². The minimum Gasteiger partial charge on any atom is -0.350 e. The topological polar surface area (TPSA) is 67.7 Å². The molecule has 0 aliphatic carbocycles. The van der Waals surface area contributed by atoms with Crippen LogP contribution >= 0.6 is 22.6 Å². The number of nitrogens with one attached hydrogen (secondary N) is 2. The molecule has 2 aromatic carbocycles. The molecule has 3 heterocycles. The predicted octanol–water partition coefficient (Wildman–Crippen LogP) is 5.13. The molecule has 2 aromatic heterocycles. The molecule has 0 unspecified atom stereocenters. The Kier molecular flexibility index (Phi) is 6.68. The highest BCUT2D eigenvalue weighted by Gasteiger charge is 2.23. The number of benzene rings is 2. The van der Waals surface area contributed by atoms with Gasteiger partial charge in [0.1, 0.15) is 28.8 Å². The van der Waals surface area contributed by atoms with E-state index >= 15 is 0 Å². The van der Waals surface area contributed by atoms with E-state index in [4.69, 9.17) is 4.98 Å². The molecule has 4 aromatic rings. The number of nitrogens with zero attached hydrogens (tertiary/aromatic N) is 4. The monoisotopic (exact) mass is 578 g/mol. The lowest BCUT2D eigenvalue weighted by Gasteiger charge is -2.24. The van der Waals surface area contributed by atoms with Crippen molar-refractivity contribution in [1.82, 2.24) is 24.8 Å². The zero-order valence-corrected chi connectivity index (χ0v) is 20.3. The Balaban J connectivity index is 1.54. The van der Waals surface area contributed by atoms with Gasteiger partial charge in [-0.25, -0.2) is 23.1 Å². The number of anilines is 1. The first-order valence-electron chi connectivity index (χ1n) is 11.1. The lowest BCUT2D eigenvalue weighted by Crippen LogP contribution is -2.32. The van der Waals surface area contributed by atoms with Crippen LogP contribution in [0.4, 0.5) is 19.1 Å². The van der Waals surface area contributed by atoms with Crippen molar-refractivity contribution in [3.8, 4) is 11.4 Å². The van der Waals surface area contributed by atoms with Crippen molar-refractivity contribution in [2.24, 2.45) is 5.92 Å². The molecular formula is C24H22F3IN6. The molecule has 2 N–H and O–H groups in total. The fraction of sp³-hybridized carbons (Fsp3) is 0.292. The standard InChI is InChI=1S/C24H22F3IN6/c25-16-6-7-17(26)15(9-16)11-30-24-31-12-20-22(33-24)34(13-14-3-2-8-29-10-14)23(32-20)21-18(27)4-1-5-19(21)28/h1,4-7,9,12,14,29H,2-3,8,10-11,13H2,(H,30,31,33)/t14-/m1/s1. The quantitative estimate of drug-likeness (QED) is 0.311. The van der Waals surface area contributed by atoms with Gasteiger partial charge in [0.25, 0.3) is 0 Å². The van der Waals surface area contributed by atoms with Crippen LogP contribution in [0.25, 0.3) is 22.6 Å². The van der Waals surface area contributed by atoms with E-state index in [-0.39, 0.29) is 23.9 Å². The van der Waals surface area contributed by atoms with Crippen LogP contribution in [0.5, 0.6) is 0 Å². The van der Waals surface area contributed by atoms with Gasteiger partial charge in [0.15, 0.2) is 5.65 Å². The van der Waals surface area contributed by atoms with Crippen molar-refractivity contribution in [2.75, 3.05) is 18.4 Å². The van der Waals surface area contributed by atoms with Crippen LogP contribution in [0.15, 0.2) is 42.6 Å². The Morgan fingerprint density at radius 3 is 2.79 bits per heavy atom. The Bertz CT molecular complexity index is 1320. The average Bonchev–Trinajstić information content (AvgIpc) is 3.17. The third kappa shape index (κ3) is 4.74. The largest absolute Gasteiger partial charge is 0.350 e. The number of hydrogen-bond acceptors (Lipinski definition) is 5. The number of piperidine rings is 1. The van der Waals surface area contributed by atoms with Gasteiger partial charge in [-0.3, -0.25) is 0 Å². The van der Waals surface area contributed by atoms with Gasteiger partial charge in [-0.05, 0) is 84.8 Å². The Morgan fingerprint density at radius 1 is 1.12 bits per heavy atom. The zero-order valence-electron chi connectivity index (χ0n) is 18.2. The Morgan fingerprint density at radius 2 is 2.00 bits per heavy atom. The van der Waals surface area contributed by atoms with E-state index in [9.17, 15) is 13.2 Å². The van der Waals surface area contributed by atoms with Gasteiger partial charge in [0, 0.05) is 22.2 Å². The second-order valence-corrected chi connectivity index (χ2v) is 9.51. The first kappa shape index (κ1) is 23.0.